The number of fused-ring (bicyclic) bond motifs is 1. The van der Waals surface area contributed by atoms with Crippen molar-refractivity contribution in [1.29, 1.82) is 5.26 Å². The molecule has 1 fully saturated rings. The highest BCUT2D eigenvalue weighted by atomic mass is 32.1. The van der Waals surface area contributed by atoms with E-state index in [1.165, 1.54) is 4.70 Å². The molecule has 130 valence electrons. The summed E-state index contributed by atoms with van der Waals surface area (Å²) in [6, 6.07) is 10.1. The van der Waals surface area contributed by atoms with Gasteiger partial charge in [0.15, 0.2) is 0 Å². The fraction of sp³-hybridized carbons (Fsp3) is 0.400. The average molecular weight is 354 g/mol. The summed E-state index contributed by atoms with van der Waals surface area (Å²) in [4.78, 5) is 15.2. The van der Waals surface area contributed by atoms with Gasteiger partial charge in [-0.1, -0.05) is 19.4 Å². The predicted octanol–water partition coefficient (Wildman–Crippen LogP) is 5.19. The van der Waals surface area contributed by atoms with E-state index >= 15 is 0 Å². The number of ether oxygens (including phenoxy) is 1. The van der Waals surface area contributed by atoms with Gasteiger partial charge in [-0.3, -0.25) is 0 Å². The summed E-state index contributed by atoms with van der Waals surface area (Å²) >= 11 is 1.70. The molecule has 0 bridgehead atoms. The van der Waals surface area contributed by atoms with Gasteiger partial charge in [0.1, 0.15) is 0 Å². The normalized spacial score (nSPS) is 17.3. The first-order valence-electron chi connectivity index (χ1n) is 8.76. The zero-order valence-corrected chi connectivity index (χ0v) is 15.2. The summed E-state index contributed by atoms with van der Waals surface area (Å²) in [7, 11) is 0. The number of carbonyl (C=O) groups excluding carboxylic acids is 1. The van der Waals surface area contributed by atoms with Crippen LogP contribution in [0.5, 0.6) is 0 Å². The number of nitriles is 1. The van der Waals surface area contributed by atoms with Crippen molar-refractivity contribution < 1.29 is 9.53 Å². The standard InChI is InChI=1S/C20H22N2O2S/c1-2-3-11-24-20(23)22-10-4-5-17(22)7-8-18-13-16-12-15(14-21)6-9-19(16)25-18/h6-9,12-13,17H,2-5,10-11H2,1H3/t17-/m0/s1. The van der Waals surface area contributed by atoms with Crippen LogP contribution in [0.25, 0.3) is 16.2 Å². The Hall–Kier alpha value is -2.32. The van der Waals surface area contributed by atoms with Gasteiger partial charge in [-0.2, -0.15) is 5.26 Å². The third kappa shape index (κ3) is 4.21. The molecule has 1 saturated heterocycles. The Morgan fingerprint density at radius 2 is 2.36 bits per heavy atom. The summed E-state index contributed by atoms with van der Waals surface area (Å²) in [6.07, 6.45) is 7.90. The molecule has 1 atom stereocenters. The number of benzene rings is 1. The maximum Gasteiger partial charge on any atom is 0.410 e. The van der Waals surface area contributed by atoms with Gasteiger partial charge in [-0.05, 0) is 55.0 Å². The van der Waals surface area contributed by atoms with E-state index in [0.717, 1.165) is 42.5 Å². The lowest BCUT2D eigenvalue weighted by atomic mass is 10.1. The van der Waals surface area contributed by atoms with Crippen LogP contribution in [0.15, 0.2) is 30.3 Å². The topological polar surface area (TPSA) is 53.3 Å². The van der Waals surface area contributed by atoms with Crippen molar-refractivity contribution in [2.24, 2.45) is 0 Å². The second-order valence-electron chi connectivity index (χ2n) is 6.24. The van der Waals surface area contributed by atoms with Gasteiger partial charge in [0, 0.05) is 16.1 Å². The molecule has 25 heavy (non-hydrogen) atoms. The molecule has 4 nitrogen and oxygen atoms in total. The largest absolute Gasteiger partial charge is 0.449 e. The Labute approximate surface area is 152 Å². The zero-order chi connectivity index (χ0) is 17.6. The van der Waals surface area contributed by atoms with Crippen LogP contribution in [-0.2, 0) is 4.74 Å². The van der Waals surface area contributed by atoms with Crippen molar-refractivity contribution in [3.8, 4) is 6.07 Å². The number of amides is 1. The highest BCUT2D eigenvalue weighted by Crippen LogP contribution is 2.28. The van der Waals surface area contributed by atoms with Crippen molar-refractivity contribution in [3.63, 3.8) is 0 Å². The first-order valence-corrected chi connectivity index (χ1v) is 9.58. The molecule has 1 aromatic heterocycles. The Kier molecular flexibility index (Phi) is 5.72. The highest BCUT2D eigenvalue weighted by Gasteiger charge is 2.27. The molecule has 0 saturated carbocycles. The Morgan fingerprint density at radius 1 is 1.48 bits per heavy atom. The molecule has 1 amide bonds. The molecule has 1 aromatic carbocycles. The number of thiophene rings is 1. The van der Waals surface area contributed by atoms with E-state index in [1.807, 2.05) is 23.1 Å². The molecule has 0 radical (unpaired) electrons. The van der Waals surface area contributed by atoms with Gasteiger partial charge < -0.3 is 9.64 Å². The molecular formula is C20H22N2O2S. The van der Waals surface area contributed by atoms with Crippen LogP contribution in [0.2, 0.25) is 0 Å². The quantitative estimate of drug-likeness (QED) is 0.695. The summed E-state index contributed by atoms with van der Waals surface area (Å²) in [5.74, 6) is 0. The molecule has 1 aliphatic rings. The molecule has 0 N–H and O–H groups in total. The minimum atomic E-state index is -0.199. The second kappa shape index (κ2) is 8.17. The predicted molar refractivity (Wildman–Crippen MR) is 102 cm³/mol. The molecule has 2 heterocycles. The summed E-state index contributed by atoms with van der Waals surface area (Å²) in [5.41, 5.74) is 0.678. The Bertz CT molecular complexity index is 819. The maximum atomic E-state index is 12.2. The molecule has 0 aliphatic carbocycles. The van der Waals surface area contributed by atoms with Gasteiger partial charge in [0.05, 0.1) is 24.3 Å². The third-order valence-corrected chi connectivity index (χ3v) is 5.49. The number of likely N-dealkylation sites (tertiary alicyclic amines) is 1. The van der Waals surface area contributed by atoms with Crippen LogP contribution in [0.1, 0.15) is 43.0 Å². The van der Waals surface area contributed by atoms with Gasteiger partial charge in [0.2, 0.25) is 0 Å². The van der Waals surface area contributed by atoms with Crippen LogP contribution in [0, 0.1) is 11.3 Å². The Morgan fingerprint density at radius 3 is 3.16 bits per heavy atom. The van der Waals surface area contributed by atoms with E-state index in [0.29, 0.717) is 12.2 Å². The lowest BCUT2D eigenvalue weighted by Crippen LogP contribution is -2.35. The van der Waals surface area contributed by atoms with Crippen molar-refractivity contribution in [3.05, 3.63) is 40.8 Å². The minimum absolute atomic E-state index is 0.106. The highest BCUT2D eigenvalue weighted by molar-refractivity contribution is 7.19. The third-order valence-electron chi connectivity index (χ3n) is 4.40. The molecular weight excluding hydrogens is 332 g/mol. The monoisotopic (exact) mass is 354 g/mol. The molecule has 3 rings (SSSR count). The van der Waals surface area contributed by atoms with Gasteiger partial charge >= 0.3 is 6.09 Å². The SMILES string of the molecule is CCCCOC(=O)N1CCC[C@H]1C=Cc1cc2cc(C#N)ccc2s1. The number of rotatable bonds is 5. The van der Waals surface area contributed by atoms with Crippen LogP contribution in [-0.4, -0.2) is 30.2 Å². The van der Waals surface area contributed by atoms with Crippen molar-refractivity contribution >= 4 is 33.6 Å². The molecule has 2 aromatic rings. The number of carbonyl (C=O) groups is 1. The van der Waals surface area contributed by atoms with Gasteiger partial charge in [-0.25, -0.2) is 4.79 Å². The molecule has 0 spiro atoms. The summed E-state index contributed by atoms with van der Waals surface area (Å²) < 4.78 is 6.51. The van der Waals surface area contributed by atoms with Crippen molar-refractivity contribution in [1.82, 2.24) is 4.90 Å². The van der Waals surface area contributed by atoms with Crippen LogP contribution >= 0.6 is 11.3 Å². The maximum absolute atomic E-state index is 12.2. The van der Waals surface area contributed by atoms with E-state index in [1.54, 1.807) is 11.3 Å². The van der Waals surface area contributed by atoms with E-state index < -0.39 is 0 Å². The second-order valence-corrected chi connectivity index (χ2v) is 7.36. The summed E-state index contributed by atoms with van der Waals surface area (Å²) in [5, 5.41) is 10.1. The smallest absolute Gasteiger partial charge is 0.410 e. The van der Waals surface area contributed by atoms with Crippen molar-refractivity contribution in [2.45, 2.75) is 38.6 Å². The lowest BCUT2D eigenvalue weighted by molar-refractivity contribution is 0.102. The summed E-state index contributed by atoms with van der Waals surface area (Å²) in [6.45, 7) is 3.34. The fourth-order valence-corrected chi connectivity index (χ4v) is 3.99. The number of nitrogens with zero attached hydrogens (tertiary/aromatic N) is 2. The van der Waals surface area contributed by atoms with E-state index in [4.69, 9.17) is 10.00 Å². The minimum Gasteiger partial charge on any atom is -0.449 e. The van der Waals surface area contributed by atoms with E-state index in [-0.39, 0.29) is 12.1 Å². The van der Waals surface area contributed by atoms with Crippen LogP contribution in [0.4, 0.5) is 4.79 Å². The number of hydrogen-bond donors (Lipinski definition) is 0. The Balaban J connectivity index is 1.68. The first kappa shape index (κ1) is 17.5. The fourth-order valence-electron chi connectivity index (χ4n) is 3.03. The lowest BCUT2D eigenvalue weighted by Gasteiger charge is -2.21. The van der Waals surface area contributed by atoms with Gasteiger partial charge in [-0.15, -0.1) is 11.3 Å². The number of unbranched alkanes of at least 4 members (excludes halogenated alkanes) is 1. The van der Waals surface area contributed by atoms with Crippen LogP contribution in [0.3, 0.4) is 0 Å². The van der Waals surface area contributed by atoms with Crippen LogP contribution < -0.4 is 0 Å². The number of hydrogen-bond acceptors (Lipinski definition) is 4. The van der Waals surface area contributed by atoms with E-state index in [2.05, 4.69) is 31.2 Å². The molecule has 1 aliphatic heterocycles. The zero-order valence-electron chi connectivity index (χ0n) is 14.4. The van der Waals surface area contributed by atoms with Crippen molar-refractivity contribution in [2.75, 3.05) is 13.2 Å². The molecule has 0 unspecified atom stereocenters. The van der Waals surface area contributed by atoms with Gasteiger partial charge in [0.25, 0.3) is 0 Å². The average Bonchev–Trinajstić information content (AvgIpc) is 3.25. The molecule has 5 heteroatoms. The van der Waals surface area contributed by atoms with E-state index in [9.17, 15) is 4.79 Å². The first-order chi connectivity index (χ1) is 12.2.